The molecule has 142 valence electrons. The SMILES string of the molecule is CC(=S)NC[C@H]1CN(c2cc(F)c(N3CCNOCC3)c(F)c2)C(=O)O1. The smallest absolute Gasteiger partial charge is 0.414 e. The molecule has 0 aromatic heterocycles. The lowest BCUT2D eigenvalue weighted by atomic mass is 10.2. The molecule has 2 fully saturated rings. The zero-order chi connectivity index (χ0) is 18.7. The summed E-state index contributed by atoms with van der Waals surface area (Å²) in [6, 6.07) is 2.30. The van der Waals surface area contributed by atoms with Gasteiger partial charge in [0, 0.05) is 31.8 Å². The maximum Gasteiger partial charge on any atom is 0.414 e. The molecular weight excluding hydrogens is 366 g/mol. The highest BCUT2D eigenvalue weighted by molar-refractivity contribution is 7.80. The first kappa shape index (κ1) is 18.7. The van der Waals surface area contributed by atoms with E-state index in [0.717, 1.165) is 12.1 Å². The molecule has 10 heteroatoms. The van der Waals surface area contributed by atoms with Crippen LogP contribution in [0.5, 0.6) is 0 Å². The Morgan fingerprint density at radius 1 is 1.38 bits per heavy atom. The molecule has 1 atom stereocenters. The molecule has 2 aliphatic heterocycles. The van der Waals surface area contributed by atoms with Crippen LogP contribution in [0.3, 0.4) is 0 Å². The molecule has 1 amide bonds. The summed E-state index contributed by atoms with van der Waals surface area (Å²) in [4.78, 5) is 20.5. The van der Waals surface area contributed by atoms with Crippen LogP contribution in [-0.2, 0) is 9.57 Å². The minimum atomic E-state index is -0.731. The Hall–Kier alpha value is -2.04. The largest absolute Gasteiger partial charge is 0.442 e. The molecule has 2 N–H and O–H groups in total. The monoisotopic (exact) mass is 386 g/mol. The van der Waals surface area contributed by atoms with Crippen molar-refractivity contribution < 1.29 is 23.1 Å². The van der Waals surface area contributed by atoms with Crippen LogP contribution in [0.1, 0.15) is 6.92 Å². The lowest BCUT2D eigenvalue weighted by molar-refractivity contribution is 0.0589. The van der Waals surface area contributed by atoms with Gasteiger partial charge >= 0.3 is 6.09 Å². The molecule has 0 radical (unpaired) electrons. The van der Waals surface area contributed by atoms with Gasteiger partial charge in [0.25, 0.3) is 0 Å². The summed E-state index contributed by atoms with van der Waals surface area (Å²) in [7, 11) is 0. The van der Waals surface area contributed by atoms with Gasteiger partial charge in [-0.25, -0.2) is 19.1 Å². The van der Waals surface area contributed by atoms with Crippen LogP contribution in [0.15, 0.2) is 12.1 Å². The minimum Gasteiger partial charge on any atom is -0.442 e. The molecular formula is C16H20F2N4O3S. The Bertz CT molecular complexity index is 675. The molecule has 0 saturated carbocycles. The van der Waals surface area contributed by atoms with E-state index < -0.39 is 23.8 Å². The Kier molecular flexibility index (Phi) is 5.84. The van der Waals surface area contributed by atoms with Crippen LogP contribution in [0.4, 0.5) is 25.0 Å². The molecule has 0 bridgehead atoms. The van der Waals surface area contributed by atoms with Gasteiger partial charge in [0.2, 0.25) is 0 Å². The van der Waals surface area contributed by atoms with E-state index >= 15 is 0 Å². The molecule has 1 aromatic rings. The number of benzene rings is 1. The number of hydrogen-bond acceptors (Lipinski definition) is 6. The third-order valence-corrected chi connectivity index (χ3v) is 4.28. The summed E-state index contributed by atoms with van der Waals surface area (Å²) in [5, 5.41) is 2.92. The van der Waals surface area contributed by atoms with E-state index in [4.69, 9.17) is 21.8 Å². The summed E-state index contributed by atoms with van der Waals surface area (Å²) in [5.41, 5.74) is 2.70. The Morgan fingerprint density at radius 3 is 2.81 bits per heavy atom. The minimum absolute atomic E-state index is 0.122. The fourth-order valence-electron chi connectivity index (χ4n) is 2.92. The predicted molar refractivity (Wildman–Crippen MR) is 96.4 cm³/mol. The number of amides is 1. The van der Waals surface area contributed by atoms with Crippen molar-refractivity contribution in [2.24, 2.45) is 0 Å². The average Bonchev–Trinajstić information content (AvgIpc) is 2.77. The highest BCUT2D eigenvalue weighted by Gasteiger charge is 2.33. The van der Waals surface area contributed by atoms with E-state index in [0.29, 0.717) is 37.8 Å². The fourth-order valence-corrected chi connectivity index (χ4v) is 3.01. The van der Waals surface area contributed by atoms with E-state index in [-0.39, 0.29) is 17.9 Å². The van der Waals surface area contributed by atoms with Gasteiger partial charge in [0.15, 0.2) is 11.6 Å². The fraction of sp³-hybridized carbons (Fsp3) is 0.500. The Labute approximate surface area is 155 Å². The standard InChI is InChI=1S/C16H20F2N4O3S/c1-10(26)19-8-12-9-22(16(23)25-12)11-6-13(17)15(14(18)7-11)21-3-2-20-24-5-4-21/h6-7,12,20H,2-5,8-9H2,1H3,(H,19,26)/t12-/m0/s1. The van der Waals surface area contributed by atoms with Crippen molar-refractivity contribution in [1.82, 2.24) is 10.8 Å². The topological polar surface area (TPSA) is 66.1 Å². The van der Waals surface area contributed by atoms with E-state index in [2.05, 4.69) is 10.8 Å². The number of cyclic esters (lactones) is 1. The number of anilines is 2. The van der Waals surface area contributed by atoms with Crippen molar-refractivity contribution >= 4 is 34.7 Å². The molecule has 1 aromatic carbocycles. The Morgan fingerprint density at radius 2 is 2.12 bits per heavy atom. The van der Waals surface area contributed by atoms with Gasteiger partial charge in [-0.05, 0) is 6.92 Å². The summed E-state index contributed by atoms with van der Waals surface area (Å²) >= 11 is 4.92. The number of nitrogens with zero attached hydrogens (tertiary/aromatic N) is 2. The molecule has 7 nitrogen and oxygen atoms in total. The molecule has 2 saturated heterocycles. The van der Waals surface area contributed by atoms with Crippen LogP contribution in [0.25, 0.3) is 0 Å². The van der Waals surface area contributed by atoms with Gasteiger partial charge in [-0.1, -0.05) is 12.2 Å². The van der Waals surface area contributed by atoms with Crippen molar-refractivity contribution in [2.75, 3.05) is 49.1 Å². The second-order valence-electron chi connectivity index (χ2n) is 6.04. The highest BCUT2D eigenvalue weighted by atomic mass is 32.1. The second kappa shape index (κ2) is 8.11. The number of hydrogen-bond donors (Lipinski definition) is 2. The zero-order valence-corrected chi connectivity index (χ0v) is 15.1. The van der Waals surface area contributed by atoms with Crippen molar-refractivity contribution in [1.29, 1.82) is 0 Å². The number of carbonyl (C=O) groups excluding carboxylic acids is 1. The van der Waals surface area contributed by atoms with Gasteiger partial charge in [-0.3, -0.25) is 9.74 Å². The summed E-state index contributed by atoms with van der Waals surface area (Å²) in [6.07, 6.45) is -1.09. The Balaban J connectivity index is 1.77. The number of carbonyl (C=O) groups is 1. The lowest BCUT2D eigenvalue weighted by Gasteiger charge is -2.24. The van der Waals surface area contributed by atoms with Crippen LogP contribution in [0, 0.1) is 11.6 Å². The quantitative estimate of drug-likeness (QED) is 0.762. The van der Waals surface area contributed by atoms with Crippen LogP contribution in [0.2, 0.25) is 0 Å². The molecule has 2 heterocycles. The van der Waals surface area contributed by atoms with Gasteiger partial charge in [0.05, 0.1) is 30.4 Å². The number of ether oxygens (including phenoxy) is 1. The summed E-state index contributed by atoms with van der Waals surface area (Å²) < 4.78 is 34.4. The molecule has 0 spiro atoms. The normalized spacial score (nSPS) is 20.7. The van der Waals surface area contributed by atoms with E-state index in [1.807, 2.05) is 0 Å². The molecule has 2 aliphatic rings. The molecule has 0 aliphatic carbocycles. The number of rotatable bonds is 4. The van der Waals surface area contributed by atoms with E-state index in [1.54, 1.807) is 11.8 Å². The summed E-state index contributed by atoms with van der Waals surface area (Å²) in [5.74, 6) is -1.46. The molecule has 0 unspecified atom stereocenters. The molecule has 3 rings (SSSR count). The maximum atomic E-state index is 14.6. The first-order chi connectivity index (χ1) is 12.5. The van der Waals surface area contributed by atoms with Crippen LogP contribution < -0.4 is 20.6 Å². The van der Waals surface area contributed by atoms with Crippen LogP contribution >= 0.6 is 12.2 Å². The van der Waals surface area contributed by atoms with Crippen LogP contribution in [-0.4, -0.2) is 56.5 Å². The number of thiocarbonyl (C=S) groups is 1. The van der Waals surface area contributed by atoms with Gasteiger partial charge < -0.3 is 15.0 Å². The van der Waals surface area contributed by atoms with E-state index in [1.165, 1.54) is 4.90 Å². The predicted octanol–water partition coefficient (Wildman–Crippen LogP) is 1.57. The lowest BCUT2D eigenvalue weighted by Crippen LogP contribution is -2.33. The van der Waals surface area contributed by atoms with Crippen molar-refractivity contribution in [3.8, 4) is 0 Å². The third kappa shape index (κ3) is 4.19. The number of nitrogens with one attached hydrogen (secondary N) is 2. The first-order valence-electron chi connectivity index (χ1n) is 8.27. The number of halogens is 2. The average molecular weight is 386 g/mol. The third-order valence-electron chi connectivity index (χ3n) is 4.13. The van der Waals surface area contributed by atoms with Crippen molar-refractivity contribution in [3.63, 3.8) is 0 Å². The van der Waals surface area contributed by atoms with Crippen molar-refractivity contribution in [2.45, 2.75) is 13.0 Å². The second-order valence-corrected chi connectivity index (χ2v) is 6.65. The van der Waals surface area contributed by atoms with Gasteiger partial charge in [-0.15, -0.1) is 0 Å². The van der Waals surface area contributed by atoms with Gasteiger partial charge in [-0.2, -0.15) is 0 Å². The van der Waals surface area contributed by atoms with Gasteiger partial charge in [0.1, 0.15) is 11.8 Å². The summed E-state index contributed by atoms with van der Waals surface area (Å²) in [6.45, 7) is 3.78. The first-order valence-corrected chi connectivity index (χ1v) is 8.67. The van der Waals surface area contributed by atoms with Crippen molar-refractivity contribution in [3.05, 3.63) is 23.8 Å². The zero-order valence-electron chi connectivity index (χ0n) is 14.3. The highest BCUT2D eigenvalue weighted by Crippen LogP contribution is 2.31. The molecule has 26 heavy (non-hydrogen) atoms. The maximum absolute atomic E-state index is 14.6. The van der Waals surface area contributed by atoms with E-state index in [9.17, 15) is 13.6 Å². The number of hydroxylamine groups is 1.